The lowest BCUT2D eigenvalue weighted by Crippen LogP contribution is -2.39. The molecule has 1 heterocycles. The molecule has 0 aliphatic carbocycles. The molecule has 0 saturated carbocycles. The Morgan fingerprint density at radius 1 is 1.12 bits per heavy atom. The van der Waals surface area contributed by atoms with Crippen molar-refractivity contribution in [2.45, 2.75) is 26.2 Å². The van der Waals surface area contributed by atoms with E-state index in [0.29, 0.717) is 36.6 Å². The van der Waals surface area contributed by atoms with E-state index < -0.39 is 0 Å². The highest BCUT2D eigenvalue weighted by atomic mass is 16.5. The second-order valence-electron chi connectivity index (χ2n) is 7.54. The number of unbranched alkanes of at least 4 members (excludes halogenated alkanes) is 1. The van der Waals surface area contributed by atoms with E-state index >= 15 is 0 Å². The van der Waals surface area contributed by atoms with Gasteiger partial charge in [0.1, 0.15) is 5.75 Å². The van der Waals surface area contributed by atoms with Gasteiger partial charge in [-0.05, 0) is 36.2 Å². The molecule has 0 bridgehead atoms. The Morgan fingerprint density at radius 2 is 1.88 bits per heavy atom. The number of ether oxygens (including phenoxy) is 2. The summed E-state index contributed by atoms with van der Waals surface area (Å²) in [6.45, 7) is 3.76. The number of anilines is 1. The van der Waals surface area contributed by atoms with Crippen molar-refractivity contribution in [3.63, 3.8) is 0 Å². The number of likely N-dealkylation sites (N-methyl/N-ethyl adjacent to an activating group) is 1. The third-order valence-electron chi connectivity index (χ3n) is 5.02. The predicted molar refractivity (Wildman–Crippen MR) is 126 cm³/mol. The maximum atomic E-state index is 13.1. The molecule has 2 aromatic carbocycles. The van der Waals surface area contributed by atoms with E-state index in [-0.39, 0.29) is 17.9 Å². The maximum Gasteiger partial charge on any atom is 0.281 e. The van der Waals surface area contributed by atoms with Gasteiger partial charge in [0.05, 0.1) is 30.5 Å². The fourth-order valence-electron chi connectivity index (χ4n) is 3.19. The van der Waals surface area contributed by atoms with Gasteiger partial charge in [-0.25, -0.2) is 4.98 Å². The molecule has 170 valence electrons. The van der Waals surface area contributed by atoms with Gasteiger partial charge in [0.15, 0.2) is 0 Å². The van der Waals surface area contributed by atoms with Crippen LogP contribution >= 0.6 is 0 Å². The van der Waals surface area contributed by atoms with Crippen molar-refractivity contribution in [1.29, 1.82) is 0 Å². The number of carbonyl (C=O) groups is 1. The Balaban J connectivity index is 1.80. The van der Waals surface area contributed by atoms with E-state index in [1.54, 1.807) is 37.3 Å². The van der Waals surface area contributed by atoms with Gasteiger partial charge in [-0.15, -0.1) is 0 Å². The minimum atomic E-state index is -0.331. The summed E-state index contributed by atoms with van der Waals surface area (Å²) in [5.74, 6) is 0.809. The summed E-state index contributed by atoms with van der Waals surface area (Å²) in [4.78, 5) is 32.3. The average Bonchev–Trinajstić information content (AvgIpc) is 2.80. The first-order valence-electron chi connectivity index (χ1n) is 10.8. The van der Waals surface area contributed by atoms with Crippen molar-refractivity contribution >= 4 is 22.8 Å². The molecule has 0 radical (unpaired) electrons. The van der Waals surface area contributed by atoms with Gasteiger partial charge in [-0.1, -0.05) is 37.6 Å². The van der Waals surface area contributed by atoms with Crippen LogP contribution in [0.15, 0.2) is 53.3 Å². The molecule has 3 rings (SSSR count). The monoisotopic (exact) mass is 438 g/mol. The number of hydrogen-bond donors (Lipinski definition) is 1. The molecule has 0 aliphatic heterocycles. The van der Waals surface area contributed by atoms with Gasteiger partial charge in [0.25, 0.3) is 5.56 Å². The second-order valence-corrected chi connectivity index (χ2v) is 7.54. The van der Waals surface area contributed by atoms with E-state index in [9.17, 15) is 9.59 Å². The van der Waals surface area contributed by atoms with Crippen LogP contribution in [0.5, 0.6) is 5.75 Å². The summed E-state index contributed by atoms with van der Waals surface area (Å²) in [7, 11) is 3.41. The number of carbonyl (C=O) groups excluding carboxylic acids is 1. The van der Waals surface area contributed by atoms with E-state index in [1.807, 2.05) is 30.3 Å². The molecule has 8 nitrogen and oxygen atoms in total. The number of fused-ring (bicyclic) bond motifs is 1. The minimum absolute atomic E-state index is 0.121. The van der Waals surface area contributed by atoms with Gasteiger partial charge in [-0.2, -0.15) is 4.68 Å². The zero-order valence-corrected chi connectivity index (χ0v) is 18.8. The summed E-state index contributed by atoms with van der Waals surface area (Å²) < 4.78 is 12.0. The molecule has 1 amide bonds. The molecular formula is C24H30N4O4. The molecule has 8 heteroatoms. The number of rotatable bonds is 11. The summed E-state index contributed by atoms with van der Waals surface area (Å²) in [5, 5.41) is 0.435. The lowest BCUT2D eigenvalue weighted by molar-refractivity contribution is -0.116. The van der Waals surface area contributed by atoms with Crippen LogP contribution in [-0.4, -0.2) is 49.5 Å². The Labute approximate surface area is 187 Å². The molecular weight excluding hydrogens is 408 g/mol. The number of nitrogens with zero attached hydrogens (tertiary/aromatic N) is 3. The first kappa shape index (κ1) is 23.3. The Bertz CT molecular complexity index is 1100. The van der Waals surface area contributed by atoms with Crippen molar-refractivity contribution in [3.05, 3.63) is 64.4 Å². The van der Waals surface area contributed by atoms with Crippen LogP contribution in [0.25, 0.3) is 10.9 Å². The van der Waals surface area contributed by atoms with Crippen LogP contribution < -0.4 is 20.6 Å². The number of amides is 1. The summed E-state index contributed by atoms with van der Waals surface area (Å²) in [5.41, 5.74) is 3.78. The zero-order chi connectivity index (χ0) is 22.9. The van der Waals surface area contributed by atoms with Gasteiger partial charge in [0.2, 0.25) is 11.9 Å². The topological polar surface area (TPSA) is 85.7 Å². The standard InChI is InChI=1S/C24H30N4O4/c1-4-5-15-32-19-12-10-18(11-13-19)17-22(29)26-28-23(30)20-8-6-7-9-21(20)25-24(28)27(2)14-16-31-3/h6-13H,4-5,14-17H2,1-3H3,(H,26,29). The SMILES string of the molecule is CCCCOc1ccc(CC(=O)Nn2c(N(C)CCOC)nc3ccccc3c2=O)cc1. The molecule has 0 aliphatic rings. The van der Waals surface area contributed by atoms with E-state index in [1.165, 1.54) is 4.68 Å². The second kappa shape index (κ2) is 11.3. The number of para-hydroxylation sites is 1. The van der Waals surface area contributed by atoms with Crippen LogP contribution in [0, 0.1) is 0 Å². The fourth-order valence-corrected chi connectivity index (χ4v) is 3.19. The maximum absolute atomic E-state index is 13.1. The van der Waals surface area contributed by atoms with Gasteiger partial charge in [0, 0.05) is 20.7 Å². The summed E-state index contributed by atoms with van der Waals surface area (Å²) >= 11 is 0. The van der Waals surface area contributed by atoms with Crippen LogP contribution in [0.4, 0.5) is 5.95 Å². The normalized spacial score (nSPS) is 10.8. The van der Waals surface area contributed by atoms with E-state index in [4.69, 9.17) is 9.47 Å². The number of aromatic nitrogens is 2. The minimum Gasteiger partial charge on any atom is -0.494 e. The van der Waals surface area contributed by atoms with Crippen molar-refractivity contribution in [1.82, 2.24) is 9.66 Å². The van der Waals surface area contributed by atoms with Gasteiger partial charge < -0.3 is 14.4 Å². The number of methoxy groups -OCH3 is 1. The van der Waals surface area contributed by atoms with Crippen molar-refractivity contribution < 1.29 is 14.3 Å². The Hall–Kier alpha value is -3.39. The highest BCUT2D eigenvalue weighted by Crippen LogP contribution is 2.15. The summed E-state index contributed by atoms with van der Waals surface area (Å²) in [6.07, 6.45) is 2.19. The van der Waals surface area contributed by atoms with Crippen LogP contribution in [0.2, 0.25) is 0 Å². The third kappa shape index (κ3) is 5.85. The first-order chi connectivity index (χ1) is 15.5. The van der Waals surface area contributed by atoms with Crippen LogP contribution in [0.3, 0.4) is 0 Å². The van der Waals surface area contributed by atoms with Crippen LogP contribution in [0.1, 0.15) is 25.3 Å². The molecule has 0 saturated heterocycles. The lowest BCUT2D eigenvalue weighted by atomic mass is 10.1. The number of hydrogen-bond acceptors (Lipinski definition) is 6. The third-order valence-corrected chi connectivity index (χ3v) is 5.02. The zero-order valence-electron chi connectivity index (χ0n) is 18.8. The largest absolute Gasteiger partial charge is 0.494 e. The lowest BCUT2D eigenvalue weighted by Gasteiger charge is -2.22. The molecule has 1 aromatic heterocycles. The fraction of sp³-hybridized carbons (Fsp3) is 0.375. The Morgan fingerprint density at radius 3 is 2.59 bits per heavy atom. The van der Waals surface area contributed by atoms with E-state index in [2.05, 4.69) is 17.3 Å². The number of benzene rings is 2. The molecule has 0 atom stereocenters. The first-order valence-corrected chi connectivity index (χ1v) is 10.8. The van der Waals surface area contributed by atoms with Crippen molar-refractivity contribution in [3.8, 4) is 5.75 Å². The highest BCUT2D eigenvalue weighted by Gasteiger charge is 2.16. The molecule has 1 N–H and O–H groups in total. The van der Waals surface area contributed by atoms with E-state index in [0.717, 1.165) is 24.2 Å². The summed E-state index contributed by atoms with van der Waals surface area (Å²) in [6, 6.07) is 14.5. The number of nitrogens with one attached hydrogen (secondary N) is 1. The molecule has 0 fully saturated rings. The quantitative estimate of drug-likeness (QED) is 0.463. The molecule has 32 heavy (non-hydrogen) atoms. The predicted octanol–water partition coefficient (Wildman–Crippen LogP) is 2.97. The highest BCUT2D eigenvalue weighted by molar-refractivity contribution is 5.87. The van der Waals surface area contributed by atoms with Crippen LogP contribution in [-0.2, 0) is 16.0 Å². The van der Waals surface area contributed by atoms with Crippen molar-refractivity contribution in [2.75, 3.05) is 44.2 Å². The average molecular weight is 439 g/mol. The molecule has 0 spiro atoms. The van der Waals surface area contributed by atoms with Gasteiger partial charge >= 0.3 is 0 Å². The van der Waals surface area contributed by atoms with Crippen molar-refractivity contribution in [2.24, 2.45) is 0 Å². The molecule has 3 aromatic rings. The Kier molecular flexibility index (Phi) is 8.21. The smallest absolute Gasteiger partial charge is 0.281 e. The van der Waals surface area contributed by atoms with Gasteiger partial charge in [-0.3, -0.25) is 15.0 Å². The molecule has 0 unspecified atom stereocenters.